The molecule has 1 unspecified atom stereocenters. The Labute approximate surface area is 138 Å². The first kappa shape index (κ1) is 19.2. The quantitative estimate of drug-likeness (QED) is 0.795. The second-order valence-corrected chi connectivity index (χ2v) is 7.15. The van der Waals surface area contributed by atoms with Crippen LogP contribution in [0.3, 0.4) is 0 Å². The van der Waals surface area contributed by atoms with Crippen molar-refractivity contribution in [2.24, 2.45) is 11.1 Å². The number of likely N-dealkylation sites (tertiary alicyclic amines) is 1. The maximum atomic E-state index is 12.6. The van der Waals surface area contributed by atoms with E-state index < -0.39 is 5.41 Å². The van der Waals surface area contributed by atoms with E-state index in [0.717, 1.165) is 0 Å². The third kappa shape index (κ3) is 3.91. The van der Waals surface area contributed by atoms with Crippen molar-refractivity contribution in [3.05, 3.63) is 0 Å². The average Bonchev–Trinajstić information content (AvgIpc) is 2.80. The summed E-state index contributed by atoms with van der Waals surface area (Å²) in [5.41, 5.74) is 5.10. The minimum absolute atomic E-state index is 0. The van der Waals surface area contributed by atoms with E-state index in [2.05, 4.69) is 5.32 Å². The molecule has 2 aliphatic heterocycles. The van der Waals surface area contributed by atoms with Crippen molar-refractivity contribution in [3.63, 3.8) is 0 Å². The van der Waals surface area contributed by atoms with Gasteiger partial charge in [-0.15, -0.1) is 12.4 Å². The van der Waals surface area contributed by atoms with Gasteiger partial charge in [0.2, 0.25) is 11.8 Å². The number of halogens is 1. The monoisotopic (exact) mass is 333 g/mol. The van der Waals surface area contributed by atoms with Crippen LogP contribution in [0, 0.1) is 5.41 Å². The van der Waals surface area contributed by atoms with Crippen LogP contribution in [0.1, 0.15) is 40.0 Å². The first-order valence-corrected chi connectivity index (χ1v) is 7.68. The molecular formula is C15H28ClN3O3. The smallest absolute Gasteiger partial charge is 0.227 e. The third-order valence-corrected chi connectivity index (χ3v) is 4.59. The first-order valence-electron chi connectivity index (χ1n) is 7.68. The van der Waals surface area contributed by atoms with E-state index in [-0.39, 0.29) is 35.8 Å². The van der Waals surface area contributed by atoms with Crippen LogP contribution < -0.4 is 11.1 Å². The summed E-state index contributed by atoms with van der Waals surface area (Å²) in [6.07, 6.45) is 1.68. The molecule has 2 rings (SSSR count). The molecule has 2 saturated heterocycles. The molecule has 0 bridgehead atoms. The number of amides is 2. The van der Waals surface area contributed by atoms with Gasteiger partial charge in [0.15, 0.2) is 0 Å². The highest BCUT2D eigenvalue weighted by Gasteiger charge is 2.42. The third-order valence-electron chi connectivity index (χ3n) is 4.59. The Hall–Kier alpha value is -0.850. The molecule has 2 aliphatic rings. The van der Waals surface area contributed by atoms with E-state index in [9.17, 15) is 9.59 Å². The van der Waals surface area contributed by atoms with Crippen molar-refractivity contribution in [2.75, 3.05) is 26.3 Å². The second kappa shape index (κ2) is 7.15. The summed E-state index contributed by atoms with van der Waals surface area (Å²) in [6, 6.07) is -0.115. The molecule has 3 N–H and O–H groups in total. The summed E-state index contributed by atoms with van der Waals surface area (Å²) >= 11 is 0. The lowest BCUT2D eigenvalue weighted by Crippen LogP contribution is -2.52. The zero-order valence-corrected chi connectivity index (χ0v) is 14.5. The van der Waals surface area contributed by atoms with Crippen LogP contribution in [0.4, 0.5) is 0 Å². The minimum Gasteiger partial charge on any atom is -0.381 e. The normalized spacial score (nSPS) is 24.8. The maximum absolute atomic E-state index is 12.6. The van der Waals surface area contributed by atoms with Gasteiger partial charge in [0.25, 0.3) is 0 Å². The molecule has 2 heterocycles. The molecule has 1 atom stereocenters. The molecule has 0 aliphatic carbocycles. The molecule has 0 saturated carbocycles. The maximum Gasteiger partial charge on any atom is 0.227 e. The molecule has 0 radical (unpaired) electrons. The summed E-state index contributed by atoms with van der Waals surface area (Å²) in [5, 5.41) is 3.04. The molecule has 0 spiro atoms. The van der Waals surface area contributed by atoms with Crippen molar-refractivity contribution in [1.29, 1.82) is 0 Å². The van der Waals surface area contributed by atoms with Crippen LogP contribution >= 0.6 is 12.4 Å². The van der Waals surface area contributed by atoms with Crippen LogP contribution in [0.5, 0.6) is 0 Å². The molecule has 2 fully saturated rings. The first-order chi connectivity index (χ1) is 9.78. The number of nitrogens with zero attached hydrogens (tertiary/aromatic N) is 1. The van der Waals surface area contributed by atoms with Gasteiger partial charge in [0.1, 0.15) is 0 Å². The van der Waals surface area contributed by atoms with Crippen molar-refractivity contribution >= 4 is 24.2 Å². The highest BCUT2D eigenvalue weighted by molar-refractivity contribution is 5.86. The zero-order valence-electron chi connectivity index (χ0n) is 13.7. The van der Waals surface area contributed by atoms with Gasteiger partial charge in [0.05, 0.1) is 11.5 Å². The predicted molar refractivity (Wildman–Crippen MR) is 86.8 cm³/mol. The number of carbonyl (C=O) groups excluding carboxylic acids is 2. The topological polar surface area (TPSA) is 84.7 Å². The van der Waals surface area contributed by atoms with Crippen LogP contribution in [0.2, 0.25) is 0 Å². The molecule has 0 aromatic rings. The van der Waals surface area contributed by atoms with E-state index in [1.807, 2.05) is 25.7 Å². The molecule has 128 valence electrons. The lowest BCUT2D eigenvalue weighted by Gasteiger charge is -2.36. The molecule has 22 heavy (non-hydrogen) atoms. The van der Waals surface area contributed by atoms with Crippen LogP contribution in [-0.4, -0.2) is 54.6 Å². The van der Waals surface area contributed by atoms with Gasteiger partial charge in [-0.25, -0.2) is 0 Å². The lowest BCUT2D eigenvalue weighted by molar-refractivity contribution is -0.136. The molecular weight excluding hydrogens is 306 g/mol. The Morgan fingerprint density at radius 2 is 2.00 bits per heavy atom. The molecule has 0 aromatic carbocycles. The number of hydrogen-bond acceptors (Lipinski definition) is 4. The summed E-state index contributed by atoms with van der Waals surface area (Å²) in [7, 11) is 0. The van der Waals surface area contributed by atoms with Gasteiger partial charge in [-0.2, -0.15) is 0 Å². The number of rotatable bonds is 3. The lowest BCUT2D eigenvalue weighted by atomic mass is 9.79. The summed E-state index contributed by atoms with van der Waals surface area (Å²) in [4.78, 5) is 26.5. The highest BCUT2D eigenvalue weighted by atomic mass is 35.5. The number of nitrogens with one attached hydrogen (secondary N) is 1. The van der Waals surface area contributed by atoms with Gasteiger partial charge in [-0.05, 0) is 33.6 Å². The van der Waals surface area contributed by atoms with E-state index in [1.54, 1.807) is 0 Å². The second-order valence-electron chi connectivity index (χ2n) is 7.15. The van der Waals surface area contributed by atoms with Crippen LogP contribution in [-0.2, 0) is 14.3 Å². The molecule has 6 nitrogen and oxygen atoms in total. The number of carbonyl (C=O) groups is 2. The van der Waals surface area contributed by atoms with E-state index in [0.29, 0.717) is 45.6 Å². The Morgan fingerprint density at radius 3 is 2.45 bits per heavy atom. The Kier molecular flexibility index (Phi) is 6.24. The van der Waals surface area contributed by atoms with E-state index in [4.69, 9.17) is 10.5 Å². The van der Waals surface area contributed by atoms with Gasteiger partial charge >= 0.3 is 0 Å². The van der Waals surface area contributed by atoms with Crippen molar-refractivity contribution in [3.8, 4) is 0 Å². The fourth-order valence-electron chi connectivity index (χ4n) is 3.08. The molecule has 0 aromatic heterocycles. The standard InChI is InChI=1S/C15H27N3O3.ClH/c1-14(2,3)18-9-11(8-12(18)19)17-13(20)15(10-16)4-6-21-7-5-15;/h11H,4-10,16H2,1-3H3,(H,17,20);1H. The van der Waals surface area contributed by atoms with E-state index in [1.165, 1.54) is 0 Å². The fraction of sp³-hybridized carbons (Fsp3) is 0.867. The molecule has 7 heteroatoms. The largest absolute Gasteiger partial charge is 0.381 e. The van der Waals surface area contributed by atoms with Crippen molar-refractivity contribution in [2.45, 2.75) is 51.6 Å². The van der Waals surface area contributed by atoms with Gasteiger partial charge in [-0.3, -0.25) is 9.59 Å². The Balaban J connectivity index is 0.00000242. The number of hydrogen-bond donors (Lipinski definition) is 2. The molecule has 2 amide bonds. The number of ether oxygens (including phenoxy) is 1. The van der Waals surface area contributed by atoms with Gasteiger partial charge in [-0.1, -0.05) is 0 Å². The van der Waals surface area contributed by atoms with Crippen LogP contribution in [0.15, 0.2) is 0 Å². The summed E-state index contributed by atoms with van der Waals surface area (Å²) in [5.74, 6) is 0.0726. The van der Waals surface area contributed by atoms with E-state index >= 15 is 0 Å². The Morgan fingerprint density at radius 1 is 1.41 bits per heavy atom. The average molecular weight is 334 g/mol. The van der Waals surface area contributed by atoms with Crippen molar-refractivity contribution in [1.82, 2.24) is 10.2 Å². The summed E-state index contributed by atoms with van der Waals surface area (Å²) in [6.45, 7) is 8.07. The zero-order chi connectivity index (χ0) is 15.7. The van der Waals surface area contributed by atoms with Crippen molar-refractivity contribution < 1.29 is 14.3 Å². The summed E-state index contributed by atoms with van der Waals surface area (Å²) < 4.78 is 5.33. The van der Waals surface area contributed by atoms with Gasteiger partial charge in [0, 0.05) is 38.3 Å². The van der Waals surface area contributed by atoms with Gasteiger partial charge < -0.3 is 20.7 Å². The predicted octanol–water partition coefficient (Wildman–Crippen LogP) is 0.679. The SMILES string of the molecule is CC(C)(C)N1CC(NC(=O)C2(CN)CCOCC2)CC1=O.Cl. The highest BCUT2D eigenvalue weighted by Crippen LogP contribution is 2.30. The minimum atomic E-state index is -0.531. The Bertz CT molecular complexity index is 417. The fourth-order valence-corrected chi connectivity index (χ4v) is 3.08. The van der Waals surface area contributed by atoms with Crippen LogP contribution in [0.25, 0.3) is 0 Å². The number of nitrogens with two attached hydrogens (primary N) is 1.